The summed E-state index contributed by atoms with van der Waals surface area (Å²) < 4.78 is 5.42. The molecule has 4 fully saturated rings. The molecule has 0 radical (unpaired) electrons. The Morgan fingerprint density at radius 1 is 1.22 bits per heavy atom. The number of ether oxygens (including phenoxy) is 1. The maximum absolute atomic E-state index is 13.3. The van der Waals surface area contributed by atoms with E-state index in [4.69, 9.17) is 9.72 Å². The quantitative estimate of drug-likeness (QED) is 0.772. The maximum Gasteiger partial charge on any atom is 0.257 e. The molecule has 1 aromatic carbocycles. The number of benzene rings is 1. The molecule has 4 aliphatic rings. The number of carbonyl (C=O) groups is 1. The largest absolute Gasteiger partial charge is 0.378 e. The molecule has 3 aliphatic carbocycles. The van der Waals surface area contributed by atoms with Crippen molar-refractivity contribution in [3.8, 4) is 11.3 Å². The number of hydrogen-bond donors (Lipinski definition) is 1. The van der Waals surface area contributed by atoms with Crippen LogP contribution >= 0.6 is 0 Å². The minimum atomic E-state index is -0.0228. The Labute approximate surface area is 190 Å². The molecular weight excluding hydrogens is 400 g/mol. The molecule has 1 saturated heterocycles. The van der Waals surface area contributed by atoms with Crippen molar-refractivity contribution in [3.05, 3.63) is 41.6 Å². The molecule has 6 rings (SSSR count). The van der Waals surface area contributed by atoms with Gasteiger partial charge < -0.3 is 15.0 Å². The lowest BCUT2D eigenvalue weighted by atomic mass is 9.45. The molecule has 2 aromatic rings. The first-order valence-corrected chi connectivity index (χ1v) is 11.9. The Hall–Kier alpha value is -2.47. The van der Waals surface area contributed by atoms with E-state index in [-0.39, 0.29) is 5.91 Å². The van der Waals surface area contributed by atoms with E-state index < -0.39 is 0 Å². The number of carbonyl (C=O) groups excluding carboxylic acids is 1. The fourth-order valence-electron chi connectivity index (χ4n) is 6.06. The molecule has 6 nitrogen and oxygen atoms in total. The fraction of sp³-hybridized carbons (Fsp3) is 0.577. The first kappa shape index (κ1) is 21.4. The highest BCUT2D eigenvalue weighted by Crippen LogP contribution is 2.61. The van der Waals surface area contributed by atoms with Gasteiger partial charge in [-0.05, 0) is 49.0 Å². The summed E-state index contributed by atoms with van der Waals surface area (Å²) in [6.45, 7) is 11.6. The average molecular weight is 435 g/mol. The molecule has 2 bridgehead atoms. The minimum absolute atomic E-state index is 0.0228. The Morgan fingerprint density at radius 2 is 2.00 bits per heavy atom. The predicted octanol–water partition coefficient (Wildman–Crippen LogP) is 4.41. The molecule has 4 unspecified atom stereocenters. The van der Waals surface area contributed by atoms with Gasteiger partial charge >= 0.3 is 0 Å². The van der Waals surface area contributed by atoms with Gasteiger partial charge in [0.15, 0.2) is 0 Å². The SMILES string of the molecule is Cc1cccc(-c2nc(NC3CC4CC(C3C)C4(C)C)ncc2C(=O)N2CCOCC2)c1. The molecule has 6 heteroatoms. The number of rotatable bonds is 4. The number of aryl methyl sites for hydroxylation is 1. The number of amides is 1. The monoisotopic (exact) mass is 434 g/mol. The van der Waals surface area contributed by atoms with E-state index in [1.807, 2.05) is 17.0 Å². The molecule has 32 heavy (non-hydrogen) atoms. The zero-order valence-electron chi connectivity index (χ0n) is 19.6. The van der Waals surface area contributed by atoms with Crippen molar-refractivity contribution >= 4 is 11.9 Å². The number of fused-ring (bicyclic) bond motifs is 2. The van der Waals surface area contributed by atoms with Gasteiger partial charge in [-0.25, -0.2) is 9.97 Å². The van der Waals surface area contributed by atoms with Gasteiger partial charge in [0.05, 0.1) is 24.5 Å². The number of hydrogen-bond acceptors (Lipinski definition) is 5. The van der Waals surface area contributed by atoms with Gasteiger partial charge in [0.1, 0.15) is 0 Å². The van der Waals surface area contributed by atoms with E-state index in [1.165, 1.54) is 6.42 Å². The number of morpholine rings is 1. The van der Waals surface area contributed by atoms with Crippen LogP contribution in [0.1, 0.15) is 49.5 Å². The van der Waals surface area contributed by atoms with Crippen LogP contribution in [0.25, 0.3) is 11.3 Å². The van der Waals surface area contributed by atoms with Crippen molar-refractivity contribution in [2.75, 3.05) is 31.6 Å². The summed E-state index contributed by atoms with van der Waals surface area (Å²) in [4.78, 5) is 24.7. The predicted molar refractivity (Wildman–Crippen MR) is 125 cm³/mol. The van der Waals surface area contributed by atoms with Crippen LogP contribution in [-0.2, 0) is 4.74 Å². The van der Waals surface area contributed by atoms with Crippen molar-refractivity contribution < 1.29 is 9.53 Å². The summed E-state index contributed by atoms with van der Waals surface area (Å²) in [5.41, 5.74) is 3.80. The summed E-state index contributed by atoms with van der Waals surface area (Å²) in [6, 6.07) is 8.56. The smallest absolute Gasteiger partial charge is 0.257 e. The third-order valence-electron chi connectivity index (χ3n) is 8.28. The standard InChI is InChI=1S/C26H34N4O2/c1-16-6-5-7-18(12-16)23-20(24(31)30-8-10-32-11-9-30)15-27-25(29-23)28-22-14-19-13-21(17(22)2)26(19,3)4/h5-7,12,15,17,19,21-22H,8-11,13-14H2,1-4H3,(H,27,28,29). The fourth-order valence-corrected chi connectivity index (χ4v) is 6.06. The maximum atomic E-state index is 13.3. The molecule has 4 atom stereocenters. The molecule has 1 aliphatic heterocycles. The lowest BCUT2D eigenvalue weighted by Crippen LogP contribution is -2.58. The van der Waals surface area contributed by atoms with Crippen LogP contribution in [-0.4, -0.2) is 53.1 Å². The normalized spacial score (nSPS) is 28.7. The zero-order chi connectivity index (χ0) is 22.5. The molecule has 0 spiro atoms. The molecule has 3 saturated carbocycles. The van der Waals surface area contributed by atoms with Crippen LogP contribution < -0.4 is 5.32 Å². The van der Waals surface area contributed by atoms with Crippen molar-refractivity contribution in [1.29, 1.82) is 0 Å². The van der Waals surface area contributed by atoms with E-state index in [0.717, 1.165) is 29.4 Å². The van der Waals surface area contributed by atoms with Crippen LogP contribution in [0.5, 0.6) is 0 Å². The van der Waals surface area contributed by atoms with E-state index in [1.54, 1.807) is 6.20 Å². The third kappa shape index (κ3) is 3.68. The zero-order valence-corrected chi connectivity index (χ0v) is 19.6. The van der Waals surface area contributed by atoms with Crippen LogP contribution in [0.4, 0.5) is 5.95 Å². The molecule has 170 valence electrons. The van der Waals surface area contributed by atoms with Gasteiger partial charge in [-0.3, -0.25) is 4.79 Å². The van der Waals surface area contributed by atoms with Crippen LogP contribution in [0.3, 0.4) is 0 Å². The van der Waals surface area contributed by atoms with E-state index in [0.29, 0.717) is 60.9 Å². The summed E-state index contributed by atoms with van der Waals surface area (Å²) >= 11 is 0. The van der Waals surface area contributed by atoms with Crippen molar-refractivity contribution in [1.82, 2.24) is 14.9 Å². The lowest BCUT2D eigenvalue weighted by molar-refractivity contribution is -0.105. The lowest BCUT2D eigenvalue weighted by Gasteiger charge is -2.62. The Bertz CT molecular complexity index is 1010. The molecule has 2 heterocycles. The molecular formula is C26H34N4O2. The Morgan fingerprint density at radius 3 is 2.69 bits per heavy atom. The second-order valence-corrected chi connectivity index (χ2v) is 10.4. The van der Waals surface area contributed by atoms with Crippen LogP contribution in [0.2, 0.25) is 0 Å². The number of nitrogens with one attached hydrogen (secondary N) is 1. The highest BCUT2D eigenvalue weighted by Gasteiger charge is 2.56. The molecule has 1 aromatic heterocycles. The first-order valence-electron chi connectivity index (χ1n) is 11.9. The highest BCUT2D eigenvalue weighted by molar-refractivity contribution is 6.00. The second kappa shape index (κ2) is 8.14. The van der Waals surface area contributed by atoms with Gasteiger partial charge in [-0.15, -0.1) is 0 Å². The van der Waals surface area contributed by atoms with E-state index >= 15 is 0 Å². The molecule has 1 amide bonds. The number of nitrogens with zero attached hydrogens (tertiary/aromatic N) is 3. The number of anilines is 1. The van der Waals surface area contributed by atoms with Gasteiger partial charge in [-0.2, -0.15) is 0 Å². The van der Waals surface area contributed by atoms with Crippen molar-refractivity contribution in [3.63, 3.8) is 0 Å². The number of aromatic nitrogens is 2. The topological polar surface area (TPSA) is 67.4 Å². The van der Waals surface area contributed by atoms with Gasteiger partial charge in [0, 0.05) is 30.9 Å². The Balaban J connectivity index is 1.45. The van der Waals surface area contributed by atoms with Gasteiger partial charge in [0.2, 0.25) is 5.95 Å². The Kier molecular flexibility index (Phi) is 5.44. The second-order valence-electron chi connectivity index (χ2n) is 10.4. The molecule has 1 N–H and O–H groups in total. The van der Waals surface area contributed by atoms with Crippen LogP contribution in [0, 0.1) is 30.1 Å². The summed E-state index contributed by atoms with van der Waals surface area (Å²) in [7, 11) is 0. The summed E-state index contributed by atoms with van der Waals surface area (Å²) in [6.07, 6.45) is 4.21. The third-order valence-corrected chi connectivity index (χ3v) is 8.28. The highest BCUT2D eigenvalue weighted by atomic mass is 16.5. The summed E-state index contributed by atoms with van der Waals surface area (Å²) in [5.74, 6) is 2.69. The van der Waals surface area contributed by atoms with E-state index in [9.17, 15) is 4.79 Å². The van der Waals surface area contributed by atoms with E-state index in [2.05, 4.69) is 50.1 Å². The minimum Gasteiger partial charge on any atom is -0.378 e. The van der Waals surface area contributed by atoms with Crippen LogP contribution in [0.15, 0.2) is 30.5 Å². The summed E-state index contributed by atoms with van der Waals surface area (Å²) in [5, 5.41) is 3.63. The first-order chi connectivity index (χ1) is 15.3. The average Bonchev–Trinajstić information content (AvgIpc) is 2.80. The van der Waals surface area contributed by atoms with Crippen molar-refractivity contribution in [2.45, 2.75) is 46.6 Å². The van der Waals surface area contributed by atoms with Crippen molar-refractivity contribution in [2.24, 2.45) is 23.2 Å². The van der Waals surface area contributed by atoms with Gasteiger partial charge in [-0.1, -0.05) is 44.5 Å². The van der Waals surface area contributed by atoms with Gasteiger partial charge in [0.25, 0.3) is 5.91 Å².